The van der Waals surface area contributed by atoms with Gasteiger partial charge in [-0.1, -0.05) is 24.3 Å². The topological polar surface area (TPSA) is 360 Å². The molecule has 4 aromatic heterocycles. The van der Waals surface area contributed by atoms with Gasteiger partial charge in [-0.2, -0.15) is 36.9 Å². The number of pyridine rings is 4. The van der Waals surface area contributed by atoms with Crippen molar-refractivity contribution in [2.45, 2.75) is 51.0 Å². The number of alkyl halides is 6. The molecule has 0 amide bonds. The Hall–Kier alpha value is -5.20. The van der Waals surface area contributed by atoms with Crippen LogP contribution in [0.2, 0.25) is 0 Å². The van der Waals surface area contributed by atoms with Gasteiger partial charge in [0, 0.05) is 52.4 Å². The smallest absolute Gasteiger partial charge is 0.870 e. The summed E-state index contributed by atoms with van der Waals surface area (Å²) >= 11 is 0. The van der Waals surface area contributed by atoms with E-state index in [1.807, 2.05) is 60.3 Å². The van der Waals surface area contributed by atoms with Gasteiger partial charge >= 0.3 is 45.2 Å². The Morgan fingerprint density at radius 2 is 0.812 bits per heavy atom. The molecule has 2 N–H and O–H groups in total. The normalized spacial score (nSPS) is 10.1. The minimum absolute atomic E-state index is 0. The second-order valence-electron chi connectivity index (χ2n) is 10.8. The van der Waals surface area contributed by atoms with E-state index in [2.05, 4.69) is 19.9 Å². The third-order valence-corrected chi connectivity index (χ3v) is 6.91. The van der Waals surface area contributed by atoms with Crippen LogP contribution in [0.25, 0.3) is 0 Å². The summed E-state index contributed by atoms with van der Waals surface area (Å²) in [7, 11) is -8.32. The van der Waals surface area contributed by atoms with Crippen LogP contribution in [-0.4, -0.2) is 104 Å². The Morgan fingerprint density at radius 1 is 0.578 bits per heavy atom. The Balaban J connectivity index is -0.000000175. The van der Waals surface area contributed by atoms with Gasteiger partial charge in [-0.25, -0.2) is 16.8 Å². The van der Waals surface area contributed by atoms with E-state index in [1.54, 1.807) is 48.8 Å². The fraction of sp³-hybridized carbons (Fsp3) is 0.294. The zero-order valence-electron chi connectivity index (χ0n) is 33.3. The maximum Gasteiger partial charge on any atom is 4.00 e. The van der Waals surface area contributed by atoms with E-state index in [-0.39, 0.29) is 56.5 Å². The summed E-state index contributed by atoms with van der Waals surface area (Å²) in [5, 5.41) is 36.1. The van der Waals surface area contributed by atoms with Crippen molar-refractivity contribution < 1.29 is 117 Å². The number of nitriles is 2. The summed E-state index contributed by atoms with van der Waals surface area (Å²) in [6.45, 7) is 5.32. The van der Waals surface area contributed by atoms with Crippen molar-refractivity contribution in [3.05, 3.63) is 119 Å². The molecule has 0 bridgehead atoms. The van der Waals surface area contributed by atoms with Crippen molar-refractivity contribution in [2.75, 3.05) is 14.1 Å². The fourth-order valence-electron chi connectivity index (χ4n) is 3.56. The van der Waals surface area contributed by atoms with Gasteiger partial charge < -0.3 is 39.9 Å². The molecule has 0 aliphatic carbocycles. The molecule has 20 nitrogen and oxygen atoms in total. The maximum atomic E-state index is 10.7. The van der Waals surface area contributed by atoms with Crippen molar-refractivity contribution in [3.8, 4) is 12.1 Å². The first-order chi connectivity index (χ1) is 27.6. The summed E-state index contributed by atoms with van der Waals surface area (Å²) in [5.41, 5.74) is -8.06. The number of hydrogen-bond acceptors (Lipinski definition) is 20. The van der Waals surface area contributed by atoms with Gasteiger partial charge in [-0.15, -0.1) is 0 Å². The minimum Gasteiger partial charge on any atom is -0.870 e. The standard InChI is InChI=1S/2C14H15N3O2.2C2H3N.2CHF3O3S.2Fe.2H2O/c2*1-17(9-11-5-2-3-8-15-11)10-12-6-4-7-13(16-12)14(18)19;2*1-2-3;2*2-1(3,4)8(5,6)7;;;;/h2*2-8H,9-10H2,1H3,(H,18,19);2*1H3;2*(H,5,6,7);;;2*1H2/q;;;;;;2*+4;;/p-6. The molecule has 30 heteroatoms. The fourth-order valence-corrected chi connectivity index (χ4v) is 3.56. The van der Waals surface area contributed by atoms with Gasteiger partial charge in [0.25, 0.3) is 0 Å². The van der Waals surface area contributed by atoms with Gasteiger partial charge in [0.2, 0.25) is 0 Å². The zero-order chi connectivity index (χ0) is 46.7. The molecule has 0 unspecified atom stereocenters. The minimum atomic E-state index is -6.09. The van der Waals surface area contributed by atoms with Crippen LogP contribution in [-0.2, 0) is 80.6 Å². The molecule has 4 aromatic rings. The Kier molecular flexibility index (Phi) is 38.7. The van der Waals surface area contributed by atoms with Gasteiger partial charge in [-0.3, -0.25) is 29.7 Å². The summed E-state index contributed by atoms with van der Waals surface area (Å²) in [6, 6.07) is 24.8. The molecular weight excluding hydrogens is 1000 g/mol. The summed E-state index contributed by atoms with van der Waals surface area (Å²) in [5.74, 6) is -2.51. The molecule has 0 saturated heterocycles. The number of nitrogens with zero attached hydrogens (tertiary/aromatic N) is 8. The monoisotopic (exact) mass is 1040 g/mol. The molecule has 0 fully saturated rings. The van der Waals surface area contributed by atoms with Gasteiger partial charge in [0.15, 0.2) is 20.2 Å². The van der Waals surface area contributed by atoms with Crippen molar-refractivity contribution in [2.24, 2.45) is 0 Å². The van der Waals surface area contributed by atoms with E-state index < -0.39 is 43.2 Å². The summed E-state index contributed by atoms with van der Waals surface area (Å²) in [6.07, 6.45) is 3.50. The Bertz CT molecular complexity index is 2070. The first kappa shape index (κ1) is 70.5. The van der Waals surface area contributed by atoms with Crippen LogP contribution in [0.4, 0.5) is 26.3 Å². The second kappa shape index (κ2) is 35.2. The predicted molar refractivity (Wildman–Crippen MR) is 194 cm³/mol. The van der Waals surface area contributed by atoms with Crippen molar-refractivity contribution >= 4 is 32.2 Å². The predicted octanol–water partition coefficient (Wildman–Crippen LogP) is 1.75. The number of carboxylic acids is 2. The first-order valence-electron chi connectivity index (χ1n) is 15.8. The number of hydrogen-bond donors (Lipinski definition) is 0. The molecule has 0 aliphatic rings. The van der Waals surface area contributed by atoms with Crippen LogP contribution in [0.15, 0.2) is 85.2 Å². The van der Waals surface area contributed by atoms with Gasteiger partial charge in [0.05, 0.1) is 58.2 Å². The number of carbonyl (C=O) groups is 2. The van der Waals surface area contributed by atoms with Crippen LogP contribution in [0.3, 0.4) is 0 Å². The third-order valence-electron chi connectivity index (χ3n) is 5.78. The largest absolute Gasteiger partial charge is 4.00 e. The van der Waals surface area contributed by atoms with Gasteiger partial charge in [-0.05, 0) is 62.6 Å². The third kappa shape index (κ3) is 33.4. The molecule has 0 radical (unpaired) electrons. The molecule has 0 spiro atoms. The number of aromatic carboxylic acids is 2. The molecule has 352 valence electrons. The van der Waals surface area contributed by atoms with E-state index in [0.717, 1.165) is 11.4 Å². The van der Waals surface area contributed by atoms with E-state index in [4.69, 9.17) is 36.5 Å². The SMILES string of the molecule is CC#N.CC#N.CN(Cc1ccccn1)Cc1cccc(C(=O)[O-])n1.CN(Cc1ccccn1)Cc1cccc(C(=O)[O-])n1.O=S(=O)([O-])C(F)(F)F.O=S(=O)([O-])C(F)(F)F.[Fe+4].[Fe+4].[OH-].[OH-]. The maximum absolute atomic E-state index is 10.7. The first-order valence-corrected chi connectivity index (χ1v) is 18.6. The summed E-state index contributed by atoms with van der Waals surface area (Å²) in [4.78, 5) is 42.0. The van der Waals surface area contributed by atoms with Crippen LogP contribution >= 0.6 is 0 Å². The van der Waals surface area contributed by atoms with Crippen LogP contribution < -0.4 is 10.2 Å². The van der Waals surface area contributed by atoms with Crippen LogP contribution in [0.5, 0.6) is 0 Å². The quantitative estimate of drug-likeness (QED) is 0.0944. The van der Waals surface area contributed by atoms with Crippen molar-refractivity contribution in [3.63, 3.8) is 0 Å². The number of carboxylic acid groups (broad SMARTS) is 2. The molecule has 0 aliphatic heterocycles. The van der Waals surface area contributed by atoms with E-state index in [1.165, 1.54) is 26.0 Å². The molecule has 0 saturated carbocycles. The average Bonchev–Trinajstić information content (AvgIpc) is 3.12. The zero-order valence-corrected chi connectivity index (χ0v) is 37.1. The number of halogens is 6. The van der Waals surface area contributed by atoms with Crippen molar-refractivity contribution in [1.29, 1.82) is 10.5 Å². The van der Waals surface area contributed by atoms with E-state index >= 15 is 0 Å². The van der Waals surface area contributed by atoms with E-state index in [0.29, 0.717) is 37.6 Å². The average molecular weight is 1040 g/mol. The van der Waals surface area contributed by atoms with Crippen LogP contribution in [0.1, 0.15) is 57.6 Å². The number of carbonyl (C=O) groups excluding carboxylic acids is 2. The van der Waals surface area contributed by atoms with E-state index in [9.17, 15) is 46.1 Å². The van der Waals surface area contributed by atoms with Gasteiger partial charge in [0.1, 0.15) is 0 Å². The molecule has 0 atom stereocenters. The van der Waals surface area contributed by atoms with Crippen LogP contribution in [0, 0.1) is 22.7 Å². The molecule has 64 heavy (non-hydrogen) atoms. The molecule has 4 rings (SSSR count). The Labute approximate surface area is 384 Å². The summed E-state index contributed by atoms with van der Waals surface area (Å²) < 4.78 is 118. The second-order valence-corrected chi connectivity index (χ2v) is 13.6. The number of rotatable bonds is 10. The molecule has 0 aromatic carbocycles. The molecular formula is C34H36F6Fe2N8O12S2+2. The molecule has 4 heterocycles. The Morgan fingerprint density at radius 3 is 1.02 bits per heavy atom. The van der Waals surface area contributed by atoms with Crippen molar-refractivity contribution in [1.82, 2.24) is 29.7 Å². The number of aromatic nitrogens is 4.